The number of amides is 4. The predicted octanol–water partition coefficient (Wildman–Crippen LogP) is 3.94. The Labute approximate surface area is 199 Å². The Kier molecular flexibility index (Phi) is 7.14. The highest BCUT2D eigenvalue weighted by Gasteiger charge is 2.55. The number of aryl methyl sites for hydroxylation is 1. The number of urea groups is 1. The molecule has 1 aromatic heterocycles. The molecule has 0 spiro atoms. The molecular weight excluding hydrogens is 434 g/mol. The van der Waals surface area contributed by atoms with Gasteiger partial charge in [0.1, 0.15) is 5.54 Å². The molecule has 0 bridgehead atoms. The number of carbonyl (C=O) groups excluding carboxylic acids is 3. The molecule has 1 N–H and O–H groups in total. The quantitative estimate of drug-likeness (QED) is 0.500. The van der Waals surface area contributed by atoms with E-state index in [4.69, 9.17) is 0 Å². The Morgan fingerprint density at radius 2 is 1.94 bits per heavy atom. The number of nitrogens with zero attached hydrogens (tertiary/aromatic N) is 2. The van der Waals surface area contributed by atoms with Crippen molar-refractivity contribution < 1.29 is 14.4 Å². The first-order valence-corrected chi connectivity index (χ1v) is 12.4. The third-order valence-electron chi connectivity index (χ3n) is 6.74. The van der Waals surface area contributed by atoms with Crippen LogP contribution in [0.3, 0.4) is 0 Å². The van der Waals surface area contributed by atoms with Gasteiger partial charge in [-0.1, -0.05) is 36.3 Å². The van der Waals surface area contributed by atoms with Gasteiger partial charge in [0.2, 0.25) is 0 Å². The highest BCUT2D eigenvalue weighted by atomic mass is 32.1. The molecule has 2 aliphatic rings. The number of rotatable bonds is 7. The molecule has 1 aromatic carbocycles. The molecule has 2 aliphatic heterocycles. The molecule has 0 saturated carbocycles. The Hall–Kier alpha value is -3.11. The van der Waals surface area contributed by atoms with Crippen molar-refractivity contribution in [1.29, 1.82) is 0 Å². The van der Waals surface area contributed by atoms with Crippen LogP contribution in [0.25, 0.3) is 0 Å². The lowest BCUT2D eigenvalue weighted by atomic mass is 9.74. The number of hydrogen-bond donors (Lipinski definition) is 1. The molecule has 4 amide bonds. The zero-order valence-corrected chi connectivity index (χ0v) is 19.7. The number of hydrogen-bond acceptors (Lipinski definition) is 4. The van der Waals surface area contributed by atoms with Crippen molar-refractivity contribution in [2.24, 2.45) is 5.92 Å². The van der Waals surface area contributed by atoms with E-state index in [0.717, 1.165) is 12.8 Å². The molecule has 2 aromatic rings. The smallest absolute Gasteiger partial charge is 0.325 e. The van der Waals surface area contributed by atoms with E-state index < -0.39 is 5.54 Å². The van der Waals surface area contributed by atoms with Gasteiger partial charge in [-0.15, -0.1) is 5.92 Å². The summed E-state index contributed by atoms with van der Waals surface area (Å²) in [5.74, 6) is 5.47. The first-order chi connectivity index (χ1) is 16.0. The van der Waals surface area contributed by atoms with E-state index in [1.165, 1.54) is 21.8 Å². The van der Waals surface area contributed by atoms with Crippen molar-refractivity contribution in [3.8, 4) is 11.8 Å². The third kappa shape index (κ3) is 4.81. The van der Waals surface area contributed by atoms with E-state index in [0.29, 0.717) is 37.9 Å². The summed E-state index contributed by atoms with van der Waals surface area (Å²) in [6, 6.07) is 11.7. The molecule has 6 nitrogen and oxygen atoms in total. The Morgan fingerprint density at radius 3 is 2.61 bits per heavy atom. The second-order valence-electron chi connectivity index (χ2n) is 8.64. The average Bonchev–Trinajstić information content (AvgIpc) is 3.46. The number of thiophene rings is 1. The maximum Gasteiger partial charge on any atom is 0.325 e. The van der Waals surface area contributed by atoms with Gasteiger partial charge in [-0.25, -0.2) is 4.79 Å². The van der Waals surface area contributed by atoms with Gasteiger partial charge in [-0.3, -0.25) is 14.5 Å². The van der Waals surface area contributed by atoms with Crippen LogP contribution in [0.2, 0.25) is 0 Å². The summed E-state index contributed by atoms with van der Waals surface area (Å²) in [6.07, 6.45) is 3.57. The van der Waals surface area contributed by atoms with E-state index in [-0.39, 0.29) is 30.3 Å². The fourth-order valence-corrected chi connectivity index (χ4v) is 5.59. The first kappa shape index (κ1) is 23.1. The molecule has 33 heavy (non-hydrogen) atoms. The van der Waals surface area contributed by atoms with Crippen LogP contribution >= 0.6 is 11.3 Å². The second kappa shape index (κ2) is 10.2. The molecule has 2 fully saturated rings. The van der Waals surface area contributed by atoms with E-state index in [1.807, 2.05) is 39.9 Å². The molecule has 4 rings (SSSR count). The van der Waals surface area contributed by atoms with Gasteiger partial charge in [-0.05, 0) is 62.0 Å². The van der Waals surface area contributed by atoms with Crippen LogP contribution in [0.15, 0.2) is 47.2 Å². The fourth-order valence-electron chi connectivity index (χ4n) is 4.96. The second-order valence-corrected chi connectivity index (χ2v) is 9.42. The summed E-state index contributed by atoms with van der Waals surface area (Å²) in [5, 5.41) is 6.84. The number of nitrogens with one attached hydrogen (secondary N) is 1. The average molecular weight is 464 g/mol. The van der Waals surface area contributed by atoms with Gasteiger partial charge >= 0.3 is 6.03 Å². The summed E-state index contributed by atoms with van der Waals surface area (Å²) >= 11 is 1.51. The lowest BCUT2D eigenvalue weighted by molar-refractivity contribution is -0.133. The number of carbonyl (C=O) groups is 3. The van der Waals surface area contributed by atoms with Crippen molar-refractivity contribution in [1.82, 2.24) is 15.1 Å². The molecular formula is C26H29N3O3S. The van der Waals surface area contributed by atoms with Gasteiger partial charge in [-0.2, -0.15) is 11.3 Å². The highest BCUT2D eigenvalue weighted by Crippen LogP contribution is 2.37. The van der Waals surface area contributed by atoms with Crippen molar-refractivity contribution >= 4 is 29.2 Å². The molecule has 3 heterocycles. The first-order valence-electron chi connectivity index (χ1n) is 11.4. The third-order valence-corrected chi connectivity index (χ3v) is 7.43. The van der Waals surface area contributed by atoms with Crippen LogP contribution in [-0.4, -0.2) is 52.8 Å². The monoisotopic (exact) mass is 463 g/mol. The highest BCUT2D eigenvalue weighted by molar-refractivity contribution is 7.08. The topological polar surface area (TPSA) is 69.7 Å². The Morgan fingerprint density at radius 1 is 1.18 bits per heavy atom. The van der Waals surface area contributed by atoms with Crippen LogP contribution in [0.1, 0.15) is 48.5 Å². The van der Waals surface area contributed by atoms with Crippen molar-refractivity contribution in [2.45, 2.75) is 44.6 Å². The SMILES string of the molecule is CC#CCN1C(=O)NC(CCCc2ccccc2)(C2CCN(C(=O)c3ccsc3)CC2)C1=O. The minimum Gasteiger partial charge on any atom is -0.339 e. The van der Waals surface area contributed by atoms with Gasteiger partial charge in [0.05, 0.1) is 12.1 Å². The molecule has 0 aliphatic carbocycles. The molecule has 2 saturated heterocycles. The van der Waals surface area contributed by atoms with Crippen LogP contribution in [-0.2, 0) is 11.2 Å². The van der Waals surface area contributed by atoms with E-state index in [1.54, 1.807) is 6.92 Å². The van der Waals surface area contributed by atoms with Crippen LogP contribution in [0.4, 0.5) is 4.79 Å². The number of likely N-dealkylation sites (tertiary alicyclic amines) is 1. The van der Waals surface area contributed by atoms with Gasteiger partial charge in [0.15, 0.2) is 0 Å². The standard InChI is InChI=1S/C26H29N3O3S/c1-2-3-15-29-24(31)26(27-25(29)32,14-7-10-20-8-5-4-6-9-20)22-11-16-28(17-12-22)23(30)21-13-18-33-19-21/h4-6,8-9,13,18-19,22H,7,10-12,14-17H2,1H3,(H,27,32). The summed E-state index contributed by atoms with van der Waals surface area (Å²) in [4.78, 5) is 42.2. The minimum absolute atomic E-state index is 0.0177. The minimum atomic E-state index is -0.932. The molecule has 0 radical (unpaired) electrons. The fraction of sp³-hybridized carbons (Fsp3) is 0.423. The lowest BCUT2D eigenvalue weighted by Gasteiger charge is -2.41. The van der Waals surface area contributed by atoms with Gasteiger partial charge in [0, 0.05) is 18.5 Å². The van der Waals surface area contributed by atoms with Crippen molar-refractivity contribution in [3.63, 3.8) is 0 Å². The maximum absolute atomic E-state index is 13.6. The summed E-state index contributed by atoms with van der Waals surface area (Å²) < 4.78 is 0. The van der Waals surface area contributed by atoms with E-state index in [9.17, 15) is 14.4 Å². The van der Waals surface area contributed by atoms with Gasteiger partial charge in [0.25, 0.3) is 11.8 Å². The summed E-state index contributed by atoms with van der Waals surface area (Å²) in [7, 11) is 0. The van der Waals surface area contributed by atoms with Gasteiger partial charge < -0.3 is 10.2 Å². The molecule has 1 atom stereocenters. The van der Waals surface area contributed by atoms with Crippen LogP contribution < -0.4 is 5.32 Å². The number of piperidine rings is 1. The van der Waals surface area contributed by atoms with E-state index in [2.05, 4.69) is 29.3 Å². The molecule has 172 valence electrons. The zero-order chi connectivity index (χ0) is 23.3. The normalized spacial score (nSPS) is 21.0. The Bertz CT molecular complexity index is 1050. The number of benzene rings is 1. The maximum atomic E-state index is 13.6. The molecule has 1 unspecified atom stereocenters. The number of imide groups is 1. The lowest BCUT2D eigenvalue weighted by Crippen LogP contribution is -2.56. The van der Waals surface area contributed by atoms with Crippen molar-refractivity contribution in [3.05, 3.63) is 58.3 Å². The zero-order valence-electron chi connectivity index (χ0n) is 18.9. The molecule has 7 heteroatoms. The van der Waals surface area contributed by atoms with Crippen molar-refractivity contribution in [2.75, 3.05) is 19.6 Å². The van der Waals surface area contributed by atoms with Crippen LogP contribution in [0.5, 0.6) is 0 Å². The summed E-state index contributed by atoms with van der Waals surface area (Å²) in [5.41, 5.74) is 0.999. The van der Waals surface area contributed by atoms with Crippen LogP contribution in [0, 0.1) is 17.8 Å². The van der Waals surface area contributed by atoms with E-state index >= 15 is 0 Å². The predicted molar refractivity (Wildman–Crippen MR) is 129 cm³/mol. The Balaban J connectivity index is 1.49. The largest absolute Gasteiger partial charge is 0.339 e. The summed E-state index contributed by atoms with van der Waals surface area (Å²) in [6.45, 7) is 2.97.